The minimum absolute atomic E-state index is 0. The summed E-state index contributed by atoms with van der Waals surface area (Å²) in [5, 5.41) is 15.1. The van der Waals surface area contributed by atoms with Crippen LogP contribution >= 0.6 is 24.0 Å². The molecule has 0 spiro atoms. The van der Waals surface area contributed by atoms with Crippen LogP contribution in [0.3, 0.4) is 0 Å². The number of rotatable bonds is 6. The molecule has 1 aromatic rings. The minimum atomic E-state index is 0. The summed E-state index contributed by atoms with van der Waals surface area (Å²) in [4.78, 5) is 7.24. The maximum Gasteiger partial charge on any atom is 0.191 e. The topological polar surface area (TPSA) is 70.4 Å². The van der Waals surface area contributed by atoms with Crippen molar-refractivity contribution in [1.29, 1.82) is 0 Å². The lowest BCUT2D eigenvalue weighted by molar-refractivity contribution is 0.0982. The lowest BCUT2D eigenvalue weighted by Gasteiger charge is -2.41. The van der Waals surface area contributed by atoms with Gasteiger partial charge in [0.1, 0.15) is 12.4 Å². The Bertz CT molecular complexity index is 547. The van der Waals surface area contributed by atoms with Crippen LogP contribution < -0.4 is 10.6 Å². The Morgan fingerprint density at radius 1 is 1.16 bits per heavy atom. The smallest absolute Gasteiger partial charge is 0.191 e. The van der Waals surface area contributed by atoms with Gasteiger partial charge in [-0.3, -0.25) is 4.90 Å². The van der Waals surface area contributed by atoms with E-state index in [0.29, 0.717) is 6.54 Å². The molecule has 0 saturated carbocycles. The highest BCUT2D eigenvalue weighted by Crippen LogP contribution is 2.19. The number of guanidine groups is 1. The normalized spacial score (nSPS) is 16.4. The van der Waals surface area contributed by atoms with E-state index in [9.17, 15) is 0 Å². The number of aryl methyl sites for hydroxylation is 1. The zero-order valence-electron chi connectivity index (χ0n) is 16.3. The number of nitrogens with zero attached hydrogens (tertiary/aromatic N) is 5. The number of hydrogen-bond donors (Lipinski definition) is 2. The lowest BCUT2D eigenvalue weighted by Crippen LogP contribution is -2.54. The minimum Gasteiger partial charge on any atom is -0.357 e. The molecule has 0 atom stereocenters. The largest absolute Gasteiger partial charge is 0.357 e. The van der Waals surface area contributed by atoms with E-state index in [2.05, 4.69) is 51.5 Å². The molecule has 0 aliphatic carbocycles. The van der Waals surface area contributed by atoms with Crippen LogP contribution in [0, 0.1) is 6.92 Å². The monoisotopic (exact) mass is 463 g/mol. The molecule has 0 bridgehead atoms. The lowest BCUT2D eigenvalue weighted by atomic mass is 9.98. The molecule has 0 radical (unpaired) electrons. The van der Waals surface area contributed by atoms with Crippen molar-refractivity contribution < 1.29 is 0 Å². The number of aromatic nitrogens is 3. The van der Waals surface area contributed by atoms with Crippen molar-refractivity contribution in [3.8, 4) is 0 Å². The summed E-state index contributed by atoms with van der Waals surface area (Å²) in [6.45, 7) is 13.3. The van der Waals surface area contributed by atoms with Gasteiger partial charge in [-0.05, 0) is 53.6 Å². The third-order valence-corrected chi connectivity index (χ3v) is 4.81. The summed E-state index contributed by atoms with van der Waals surface area (Å²) in [6, 6.07) is 0. The van der Waals surface area contributed by atoms with Gasteiger partial charge in [-0.15, -0.1) is 34.2 Å². The van der Waals surface area contributed by atoms with E-state index < -0.39 is 0 Å². The fourth-order valence-electron chi connectivity index (χ4n) is 2.99. The third-order valence-electron chi connectivity index (χ3n) is 4.81. The van der Waals surface area contributed by atoms with Gasteiger partial charge in [0.25, 0.3) is 0 Å². The standard InChI is InChI=1S/C17H33N7.HI/c1-6-18-16(19-12-15-22-21-14(2)23(15)5)20-13-17(3,4)24-10-8-7-9-11-24;/h6-13H2,1-5H3,(H2,18,19,20);1H. The molecule has 1 saturated heterocycles. The predicted octanol–water partition coefficient (Wildman–Crippen LogP) is 2.06. The first-order valence-corrected chi connectivity index (χ1v) is 9.06. The van der Waals surface area contributed by atoms with Crippen LogP contribution in [0.2, 0.25) is 0 Å². The van der Waals surface area contributed by atoms with Crippen LogP contribution in [0.1, 0.15) is 51.7 Å². The van der Waals surface area contributed by atoms with Gasteiger partial charge in [0.05, 0.1) is 0 Å². The summed E-state index contributed by atoms with van der Waals surface area (Å²) in [6.07, 6.45) is 3.98. The average Bonchev–Trinajstić information content (AvgIpc) is 2.90. The fourth-order valence-corrected chi connectivity index (χ4v) is 2.99. The molecular weight excluding hydrogens is 429 g/mol. The molecule has 0 unspecified atom stereocenters. The SMILES string of the molecule is CCNC(=NCc1nnc(C)n1C)NCC(C)(C)N1CCCCC1.I. The van der Waals surface area contributed by atoms with Gasteiger partial charge < -0.3 is 15.2 Å². The number of halogens is 1. The Morgan fingerprint density at radius 2 is 1.84 bits per heavy atom. The van der Waals surface area contributed by atoms with E-state index in [0.717, 1.165) is 30.7 Å². The number of piperidine rings is 1. The van der Waals surface area contributed by atoms with E-state index in [4.69, 9.17) is 0 Å². The maximum absolute atomic E-state index is 4.66. The first-order chi connectivity index (χ1) is 11.4. The first-order valence-electron chi connectivity index (χ1n) is 9.06. The maximum atomic E-state index is 4.66. The van der Waals surface area contributed by atoms with Crippen LogP contribution in [0.25, 0.3) is 0 Å². The van der Waals surface area contributed by atoms with Gasteiger partial charge in [0, 0.05) is 25.7 Å². The predicted molar refractivity (Wildman–Crippen MR) is 113 cm³/mol. The number of aliphatic imine (C=N–C) groups is 1. The number of hydrogen-bond acceptors (Lipinski definition) is 4. The molecule has 8 heteroatoms. The van der Waals surface area contributed by atoms with E-state index in [-0.39, 0.29) is 29.5 Å². The van der Waals surface area contributed by atoms with Crippen molar-refractivity contribution in [2.45, 2.75) is 59.0 Å². The van der Waals surface area contributed by atoms with Crippen molar-refractivity contribution in [3.05, 3.63) is 11.6 Å². The van der Waals surface area contributed by atoms with Crippen LogP contribution in [0.5, 0.6) is 0 Å². The Labute approximate surface area is 169 Å². The van der Waals surface area contributed by atoms with Gasteiger partial charge >= 0.3 is 0 Å². The van der Waals surface area contributed by atoms with Gasteiger partial charge in [0.2, 0.25) is 0 Å². The highest BCUT2D eigenvalue weighted by molar-refractivity contribution is 14.0. The Morgan fingerprint density at radius 3 is 2.40 bits per heavy atom. The van der Waals surface area contributed by atoms with Crippen LogP contribution in [-0.4, -0.2) is 57.3 Å². The molecule has 2 heterocycles. The molecule has 7 nitrogen and oxygen atoms in total. The zero-order valence-corrected chi connectivity index (χ0v) is 18.6. The molecule has 1 aliphatic heterocycles. The second-order valence-corrected chi connectivity index (χ2v) is 7.13. The molecule has 144 valence electrons. The van der Waals surface area contributed by atoms with Crippen molar-refractivity contribution in [2.75, 3.05) is 26.2 Å². The highest BCUT2D eigenvalue weighted by Gasteiger charge is 2.27. The fraction of sp³-hybridized carbons (Fsp3) is 0.824. The summed E-state index contributed by atoms with van der Waals surface area (Å²) in [5.41, 5.74) is 0.123. The second kappa shape index (κ2) is 10.3. The Kier molecular flexibility index (Phi) is 9.12. The van der Waals surface area contributed by atoms with Crippen LogP contribution in [0.4, 0.5) is 0 Å². The third kappa shape index (κ3) is 6.40. The molecule has 1 aromatic heterocycles. The Balaban J connectivity index is 0.00000312. The Hall–Kier alpha value is -0.900. The van der Waals surface area contributed by atoms with E-state index in [1.807, 2.05) is 18.5 Å². The summed E-state index contributed by atoms with van der Waals surface area (Å²) in [5.74, 6) is 2.62. The van der Waals surface area contributed by atoms with Crippen molar-refractivity contribution >= 4 is 29.9 Å². The van der Waals surface area contributed by atoms with Gasteiger partial charge in [-0.1, -0.05) is 6.42 Å². The van der Waals surface area contributed by atoms with Crippen molar-refractivity contribution in [1.82, 2.24) is 30.3 Å². The van der Waals surface area contributed by atoms with Crippen molar-refractivity contribution in [3.63, 3.8) is 0 Å². The van der Waals surface area contributed by atoms with Crippen LogP contribution in [-0.2, 0) is 13.6 Å². The van der Waals surface area contributed by atoms with Gasteiger partial charge in [-0.25, -0.2) is 4.99 Å². The summed E-state index contributed by atoms with van der Waals surface area (Å²) >= 11 is 0. The highest BCUT2D eigenvalue weighted by atomic mass is 127. The molecule has 0 aromatic carbocycles. The molecule has 2 rings (SSSR count). The van der Waals surface area contributed by atoms with E-state index in [1.54, 1.807) is 0 Å². The quantitative estimate of drug-likeness (QED) is 0.384. The number of nitrogens with one attached hydrogen (secondary N) is 2. The average molecular weight is 463 g/mol. The summed E-state index contributed by atoms with van der Waals surface area (Å²) < 4.78 is 1.98. The molecule has 0 amide bonds. The molecule has 25 heavy (non-hydrogen) atoms. The molecule has 1 aliphatic rings. The van der Waals surface area contributed by atoms with Crippen LogP contribution in [0.15, 0.2) is 4.99 Å². The van der Waals surface area contributed by atoms with Crippen molar-refractivity contribution in [2.24, 2.45) is 12.0 Å². The second-order valence-electron chi connectivity index (χ2n) is 7.13. The zero-order chi connectivity index (χ0) is 17.6. The van der Waals surface area contributed by atoms with E-state index in [1.165, 1.54) is 32.4 Å². The number of likely N-dealkylation sites (tertiary alicyclic amines) is 1. The summed E-state index contributed by atoms with van der Waals surface area (Å²) in [7, 11) is 1.97. The molecule has 1 fully saturated rings. The van der Waals surface area contributed by atoms with Gasteiger partial charge in [0.15, 0.2) is 11.8 Å². The van der Waals surface area contributed by atoms with Gasteiger partial charge in [-0.2, -0.15) is 0 Å². The molecular formula is C17H34IN7. The first kappa shape index (κ1) is 22.1. The van der Waals surface area contributed by atoms with E-state index >= 15 is 0 Å². The molecule has 2 N–H and O–H groups in total.